The number of aliphatic carboxylic acids is 2. The molecule has 0 radical (unpaired) electrons. The largest absolute Gasteiger partial charge is 0.485 e. The summed E-state index contributed by atoms with van der Waals surface area (Å²) >= 11 is 2.10. The lowest BCUT2D eigenvalue weighted by atomic mass is 10.1. The molecule has 41 heavy (non-hydrogen) atoms. The molecular formula is C29H21N3O7S2. The lowest BCUT2D eigenvalue weighted by molar-refractivity contribution is -0.138. The summed E-state index contributed by atoms with van der Waals surface area (Å²) in [7, 11) is 0. The van der Waals surface area contributed by atoms with Gasteiger partial charge in [-0.2, -0.15) is 5.26 Å². The summed E-state index contributed by atoms with van der Waals surface area (Å²) in [6, 6.07) is 16.0. The van der Waals surface area contributed by atoms with Crippen molar-refractivity contribution in [1.29, 1.82) is 5.26 Å². The molecule has 0 bridgehead atoms. The second-order valence-corrected chi connectivity index (χ2v) is 11.2. The standard InChI is InChI=1S/C29H21N3O7S2/c1-2-31-19-6-4-3-5-16(19)17-11-15(7-8-20(17)31)26-25-24(38-9-10-39-25)21(40-26)12-22-27(35)32(14-23(33)34)28(41-22)18(13-30)29(36)37/h3-8,11-12H,2,9-10,14H2,1H3,(H,33,34)(H,36,37)/b22-12+,28-18+. The monoisotopic (exact) mass is 587 g/mol. The maximum atomic E-state index is 13.2. The Balaban J connectivity index is 1.57. The number of aromatic nitrogens is 2. The fourth-order valence-electron chi connectivity index (χ4n) is 5.08. The molecule has 2 N–H and O–H groups in total. The van der Waals surface area contributed by atoms with Crippen LogP contribution in [0, 0.1) is 11.3 Å². The maximum Gasteiger partial charge on any atom is 0.349 e. The van der Waals surface area contributed by atoms with Gasteiger partial charge in [-0.05, 0) is 36.8 Å². The van der Waals surface area contributed by atoms with Crippen LogP contribution >= 0.6 is 22.7 Å². The Morgan fingerprint density at radius 2 is 1.76 bits per heavy atom. The molecule has 0 spiro atoms. The molecule has 5 aromatic rings. The lowest BCUT2D eigenvalue weighted by Crippen LogP contribution is -2.35. The first-order valence-corrected chi connectivity index (χ1v) is 14.2. The van der Waals surface area contributed by atoms with E-state index in [1.807, 2.05) is 18.2 Å². The molecule has 3 aromatic heterocycles. The van der Waals surface area contributed by atoms with E-state index >= 15 is 0 Å². The van der Waals surface area contributed by atoms with E-state index in [-0.39, 0.29) is 9.20 Å². The second-order valence-electron chi connectivity index (χ2n) is 9.14. The highest BCUT2D eigenvalue weighted by atomic mass is 32.1. The minimum atomic E-state index is -1.55. The Morgan fingerprint density at radius 3 is 2.46 bits per heavy atom. The molecule has 0 aliphatic carbocycles. The molecule has 0 unspecified atom stereocenters. The summed E-state index contributed by atoms with van der Waals surface area (Å²) in [5.41, 5.74) is 1.74. The SMILES string of the molecule is CCn1c2ccccc2c2cc(-c3sc(/C=c4/s/c(=C(\C#N)C(=O)O)n(CC(=O)O)c4=O)c4c3OCCO4)ccc21. The first-order chi connectivity index (χ1) is 19.8. The van der Waals surface area contributed by atoms with E-state index in [1.165, 1.54) is 17.4 Å². The molecule has 206 valence electrons. The van der Waals surface area contributed by atoms with Crippen molar-refractivity contribution < 1.29 is 29.3 Å². The van der Waals surface area contributed by atoms with Gasteiger partial charge in [0.15, 0.2) is 17.1 Å². The van der Waals surface area contributed by atoms with Gasteiger partial charge < -0.3 is 24.3 Å². The Morgan fingerprint density at radius 1 is 1.02 bits per heavy atom. The highest BCUT2D eigenvalue weighted by molar-refractivity contribution is 7.17. The van der Waals surface area contributed by atoms with Crippen molar-refractivity contribution in [3.05, 3.63) is 66.9 Å². The fraction of sp³-hybridized carbons (Fsp3) is 0.172. The Bertz CT molecular complexity index is 2130. The van der Waals surface area contributed by atoms with E-state index in [2.05, 4.69) is 35.8 Å². The number of thiazole rings is 1. The molecule has 2 aromatic carbocycles. The zero-order valence-electron chi connectivity index (χ0n) is 21.5. The molecule has 0 saturated carbocycles. The number of nitriles is 1. The van der Waals surface area contributed by atoms with Crippen LogP contribution in [-0.2, 0) is 22.7 Å². The number of nitrogens with zero attached hydrogens (tertiary/aromatic N) is 3. The van der Waals surface area contributed by atoms with Crippen LogP contribution in [0.3, 0.4) is 0 Å². The maximum absolute atomic E-state index is 13.2. The highest BCUT2D eigenvalue weighted by Crippen LogP contribution is 2.50. The number of carboxylic acid groups (broad SMARTS) is 2. The predicted octanol–water partition coefficient (Wildman–Crippen LogP) is 3.21. The smallest absolute Gasteiger partial charge is 0.349 e. The number of hydrogen-bond acceptors (Lipinski definition) is 8. The number of hydrogen-bond donors (Lipinski definition) is 2. The minimum absolute atomic E-state index is 0.0708. The van der Waals surface area contributed by atoms with Crippen molar-refractivity contribution in [2.24, 2.45) is 0 Å². The van der Waals surface area contributed by atoms with E-state index in [1.54, 1.807) is 6.07 Å². The summed E-state index contributed by atoms with van der Waals surface area (Å²) in [6.45, 7) is 2.80. The number of thiophene rings is 1. The van der Waals surface area contributed by atoms with E-state index in [4.69, 9.17) is 9.47 Å². The summed E-state index contributed by atoms with van der Waals surface area (Å²) < 4.78 is 14.9. The van der Waals surface area contributed by atoms with Gasteiger partial charge in [-0.1, -0.05) is 24.3 Å². The zero-order valence-corrected chi connectivity index (χ0v) is 23.2. The third-order valence-corrected chi connectivity index (χ3v) is 9.06. The Labute approximate surface area is 239 Å². The molecule has 1 aliphatic heterocycles. The van der Waals surface area contributed by atoms with Gasteiger partial charge in [0.1, 0.15) is 30.5 Å². The zero-order chi connectivity index (χ0) is 28.8. The minimum Gasteiger partial charge on any atom is -0.485 e. The number of rotatable bonds is 6. The van der Waals surface area contributed by atoms with Crippen molar-refractivity contribution in [2.75, 3.05) is 13.2 Å². The molecular weight excluding hydrogens is 566 g/mol. The van der Waals surface area contributed by atoms with Crippen molar-refractivity contribution >= 4 is 68.1 Å². The molecule has 4 heterocycles. The van der Waals surface area contributed by atoms with E-state index in [9.17, 15) is 29.9 Å². The summed E-state index contributed by atoms with van der Waals surface area (Å²) in [5.74, 6) is -1.89. The fourth-order valence-corrected chi connectivity index (χ4v) is 7.36. The highest BCUT2D eigenvalue weighted by Gasteiger charge is 2.26. The van der Waals surface area contributed by atoms with Gasteiger partial charge in [0.2, 0.25) is 0 Å². The van der Waals surface area contributed by atoms with E-state index in [0.29, 0.717) is 29.6 Å². The molecule has 10 nitrogen and oxygen atoms in total. The van der Waals surface area contributed by atoms with E-state index < -0.39 is 29.6 Å². The number of aryl methyl sites for hydroxylation is 1. The van der Waals surface area contributed by atoms with E-state index in [0.717, 1.165) is 54.7 Å². The van der Waals surface area contributed by atoms with Gasteiger partial charge in [0.25, 0.3) is 5.56 Å². The van der Waals surface area contributed by atoms with Crippen LogP contribution in [-0.4, -0.2) is 44.5 Å². The third kappa shape index (κ3) is 4.35. The second kappa shape index (κ2) is 10.3. The van der Waals surface area contributed by atoms with Crippen molar-refractivity contribution in [2.45, 2.75) is 20.0 Å². The molecule has 12 heteroatoms. The predicted molar refractivity (Wildman–Crippen MR) is 155 cm³/mol. The summed E-state index contributed by atoms with van der Waals surface area (Å²) in [6.07, 6.45) is 1.54. The molecule has 0 saturated heterocycles. The van der Waals surface area contributed by atoms with Crippen molar-refractivity contribution in [3.8, 4) is 28.0 Å². The van der Waals surface area contributed by atoms with Gasteiger partial charge in [0.05, 0.1) is 14.3 Å². The number of ether oxygens (including phenoxy) is 2. The third-order valence-electron chi connectivity index (χ3n) is 6.78. The van der Waals surface area contributed by atoms with Gasteiger partial charge in [0, 0.05) is 28.4 Å². The van der Waals surface area contributed by atoms with Crippen LogP contribution in [0.2, 0.25) is 0 Å². The molecule has 0 fully saturated rings. The topological polar surface area (TPSA) is 144 Å². The average molecular weight is 588 g/mol. The number of carboxylic acids is 2. The number of benzene rings is 2. The molecule has 0 atom stereocenters. The van der Waals surface area contributed by atoms with Crippen LogP contribution in [0.4, 0.5) is 0 Å². The molecule has 6 rings (SSSR count). The Hall–Kier alpha value is -4.86. The first kappa shape index (κ1) is 26.4. The van der Waals surface area contributed by atoms with Gasteiger partial charge in [-0.3, -0.25) is 14.2 Å². The summed E-state index contributed by atoms with van der Waals surface area (Å²) in [5, 5.41) is 30.4. The number of para-hydroxylation sites is 1. The quantitative estimate of drug-likeness (QED) is 0.308. The van der Waals surface area contributed by atoms with Gasteiger partial charge in [-0.15, -0.1) is 22.7 Å². The summed E-state index contributed by atoms with van der Waals surface area (Å²) in [4.78, 5) is 37.6. The number of fused-ring (bicyclic) bond motifs is 4. The first-order valence-electron chi connectivity index (χ1n) is 12.6. The average Bonchev–Trinajstić information content (AvgIpc) is 3.59. The van der Waals surface area contributed by atoms with Crippen LogP contribution in [0.1, 0.15) is 11.8 Å². The van der Waals surface area contributed by atoms with Crippen LogP contribution in [0.25, 0.3) is 43.9 Å². The number of carbonyl (C=O) groups is 2. The van der Waals surface area contributed by atoms with Gasteiger partial charge >= 0.3 is 11.9 Å². The normalized spacial score (nSPS) is 13.9. The van der Waals surface area contributed by atoms with Crippen LogP contribution in [0.5, 0.6) is 11.5 Å². The van der Waals surface area contributed by atoms with Crippen molar-refractivity contribution in [3.63, 3.8) is 0 Å². The lowest BCUT2D eigenvalue weighted by Gasteiger charge is -2.17. The molecule has 1 aliphatic rings. The van der Waals surface area contributed by atoms with Crippen LogP contribution in [0.15, 0.2) is 47.3 Å². The van der Waals surface area contributed by atoms with Crippen molar-refractivity contribution in [1.82, 2.24) is 9.13 Å². The molecule has 0 amide bonds. The van der Waals surface area contributed by atoms with Gasteiger partial charge in [-0.25, -0.2) is 4.79 Å². The Kier molecular flexibility index (Phi) is 6.61. The van der Waals surface area contributed by atoms with Crippen LogP contribution < -0.4 is 24.2 Å².